The lowest BCUT2D eigenvalue weighted by molar-refractivity contribution is 0.0899. The predicted octanol–water partition coefficient (Wildman–Crippen LogP) is 3.10. The maximum absolute atomic E-state index is 5.73. The fourth-order valence-electron chi connectivity index (χ4n) is 2.36. The Morgan fingerprint density at radius 3 is 2.68 bits per heavy atom. The monoisotopic (exact) mass is 255 g/mol. The molecule has 1 aliphatic rings. The van der Waals surface area contributed by atoms with E-state index in [1.165, 1.54) is 0 Å². The van der Waals surface area contributed by atoms with Crippen LogP contribution in [-0.2, 0) is 4.74 Å². The summed E-state index contributed by atoms with van der Waals surface area (Å²) in [5.74, 6) is 6.04. The molecule has 0 spiro atoms. The maximum atomic E-state index is 5.73. The van der Waals surface area contributed by atoms with Crippen molar-refractivity contribution in [3.63, 3.8) is 0 Å². The summed E-state index contributed by atoms with van der Waals surface area (Å²) in [5.41, 5.74) is 1.15. The second-order valence-electron chi connectivity index (χ2n) is 4.44. The molecule has 0 bridgehead atoms. The zero-order valence-corrected chi connectivity index (χ0v) is 11.4. The second kappa shape index (κ2) is 8.11. The van der Waals surface area contributed by atoms with E-state index in [9.17, 15) is 0 Å². The van der Waals surface area contributed by atoms with E-state index in [0.29, 0.717) is 12.5 Å². The summed E-state index contributed by atoms with van der Waals surface area (Å²) in [5, 5.41) is 0. The Morgan fingerprint density at radius 2 is 2.11 bits per heavy atom. The zero-order chi connectivity index (χ0) is 14.1. The number of terminal acetylenes is 2. The van der Waals surface area contributed by atoms with E-state index in [-0.39, 0.29) is 6.61 Å². The van der Waals surface area contributed by atoms with Gasteiger partial charge < -0.3 is 9.64 Å². The number of rotatable bonds is 7. The van der Waals surface area contributed by atoms with Gasteiger partial charge in [-0.1, -0.05) is 18.1 Å². The lowest BCUT2D eigenvalue weighted by Crippen LogP contribution is -2.39. The molecule has 0 saturated heterocycles. The standard InChI is InChI=1S/C17H21NO/c1-5-9-15-11-12-16(10-6-2)18(13-7-3)17(15)19-14-8-4/h1,4,6-7,16H,2-3,9-14H2. The van der Waals surface area contributed by atoms with Gasteiger partial charge in [0.15, 0.2) is 5.88 Å². The summed E-state index contributed by atoms with van der Waals surface area (Å²) in [6.07, 6.45) is 18.1. The van der Waals surface area contributed by atoms with Crippen molar-refractivity contribution < 1.29 is 4.74 Å². The molecule has 0 fully saturated rings. The number of hydrogen-bond donors (Lipinski definition) is 0. The first-order chi connectivity index (χ1) is 9.28. The molecule has 1 heterocycles. The molecule has 19 heavy (non-hydrogen) atoms. The molecule has 1 atom stereocenters. The van der Waals surface area contributed by atoms with Crippen molar-refractivity contribution in [3.8, 4) is 24.7 Å². The van der Waals surface area contributed by atoms with E-state index in [2.05, 4.69) is 29.9 Å². The van der Waals surface area contributed by atoms with Gasteiger partial charge >= 0.3 is 0 Å². The summed E-state index contributed by atoms with van der Waals surface area (Å²) in [4.78, 5) is 2.20. The Balaban J connectivity index is 3.03. The average Bonchev–Trinajstić information content (AvgIpc) is 2.41. The molecular formula is C17H21NO. The van der Waals surface area contributed by atoms with Crippen LogP contribution >= 0.6 is 0 Å². The van der Waals surface area contributed by atoms with Crippen molar-refractivity contribution in [2.45, 2.75) is 31.7 Å². The van der Waals surface area contributed by atoms with Crippen molar-refractivity contribution >= 4 is 0 Å². The largest absolute Gasteiger partial charge is 0.466 e. The number of ether oxygens (including phenoxy) is 1. The Bertz CT molecular complexity index is 433. The first-order valence-electron chi connectivity index (χ1n) is 6.48. The Labute approximate surface area is 116 Å². The maximum Gasteiger partial charge on any atom is 0.191 e. The summed E-state index contributed by atoms with van der Waals surface area (Å²) in [6.45, 7) is 8.62. The van der Waals surface area contributed by atoms with Gasteiger partial charge in [-0.15, -0.1) is 31.9 Å². The number of hydrogen-bond acceptors (Lipinski definition) is 2. The third kappa shape index (κ3) is 3.97. The molecule has 0 aromatic rings. The van der Waals surface area contributed by atoms with Gasteiger partial charge in [-0.05, 0) is 19.3 Å². The number of nitrogens with zero attached hydrogens (tertiary/aromatic N) is 1. The highest BCUT2D eigenvalue weighted by Crippen LogP contribution is 2.31. The zero-order valence-electron chi connectivity index (χ0n) is 11.4. The Kier molecular flexibility index (Phi) is 6.41. The molecule has 0 saturated carbocycles. The van der Waals surface area contributed by atoms with Crippen LogP contribution in [0, 0.1) is 24.7 Å². The van der Waals surface area contributed by atoms with Crippen LogP contribution in [0.4, 0.5) is 0 Å². The molecule has 1 unspecified atom stereocenters. The molecule has 1 aliphatic heterocycles. The summed E-state index contributed by atoms with van der Waals surface area (Å²) < 4.78 is 5.73. The van der Waals surface area contributed by atoms with Gasteiger partial charge in [-0.3, -0.25) is 0 Å². The van der Waals surface area contributed by atoms with Crippen LogP contribution in [0.25, 0.3) is 0 Å². The molecule has 0 aromatic heterocycles. The van der Waals surface area contributed by atoms with Crippen LogP contribution in [0.15, 0.2) is 36.8 Å². The van der Waals surface area contributed by atoms with E-state index in [1.807, 2.05) is 12.2 Å². The van der Waals surface area contributed by atoms with Crippen LogP contribution in [0.1, 0.15) is 25.7 Å². The highest BCUT2D eigenvalue weighted by molar-refractivity contribution is 5.19. The first kappa shape index (κ1) is 15.0. The van der Waals surface area contributed by atoms with Crippen molar-refractivity contribution in [2.75, 3.05) is 13.2 Å². The first-order valence-corrected chi connectivity index (χ1v) is 6.48. The van der Waals surface area contributed by atoms with Crippen LogP contribution in [0.5, 0.6) is 0 Å². The van der Waals surface area contributed by atoms with Crippen LogP contribution < -0.4 is 0 Å². The molecule has 0 aromatic carbocycles. The molecule has 0 aliphatic carbocycles. The fraction of sp³-hybridized carbons (Fsp3) is 0.412. The molecule has 1 rings (SSSR count). The van der Waals surface area contributed by atoms with Crippen molar-refractivity contribution in [1.82, 2.24) is 4.90 Å². The van der Waals surface area contributed by atoms with Gasteiger partial charge in [0.25, 0.3) is 0 Å². The van der Waals surface area contributed by atoms with E-state index in [1.54, 1.807) is 0 Å². The molecule has 100 valence electrons. The normalized spacial score (nSPS) is 18.4. The van der Waals surface area contributed by atoms with Gasteiger partial charge in [0.2, 0.25) is 0 Å². The van der Waals surface area contributed by atoms with Gasteiger partial charge in [-0.25, -0.2) is 0 Å². The third-order valence-electron chi connectivity index (χ3n) is 3.16. The predicted molar refractivity (Wildman–Crippen MR) is 80.0 cm³/mol. The molecular weight excluding hydrogens is 234 g/mol. The van der Waals surface area contributed by atoms with E-state index >= 15 is 0 Å². The minimum atomic E-state index is 0.262. The van der Waals surface area contributed by atoms with Gasteiger partial charge in [0.1, 0.15) is 6.61 Å². The summed E-state index contributed by atoms with van der Waals surface area (Å²) in [7, 11) is 0. The molecule has 0 N–H and O–H groups in total. The second-order valence-corrected chi connectivity index (χ2v) is 4.44. The van der Waals surface area contributed by atoms with Crippen molar-refractivity contribution in [3.05, 3.63) is 36.8 Å². The van der Waals surface area contributed by atoms with Crippen LogP contribution in [0.2, 0.25) is 0 Å². The average molecular weight is 255 g/mol. The highest BCUT2D eigenvalue weighted by Gasteiger charge is 2.27. The molecule has 2 heteroatoms. The molecule has 2 nitrogen and oxygen atoms in total. The minimum Gasteiger partial charge on any atom is -0.466 e. The SMILES string of the molecule is C#CCOC1=C(CC#C)CCC(CC=C)N1CC=C. The highest BCUT2D eigenvalue weighted by atomic mass is 16.5. The lowest BCUT2D eigenvalue weighted by Gasteiger charge is -2.38. The third-order valence-corrected chi connectivity index (χ3v) is 3.16. The summed E-state index contributed by atoms with van der Waals surface area (Å²) >= 11 is 0. The molecule has 0 amide bonds. The van der Waals surface area contributed by atoms with Crippen molar-refractivity contribution in [1.29, 1.82) is 0 Å². The minimum absolute atomic E-state index is 0.262. The van der Waals surface area contributed by atoms with E-state index in [4.69, 9.17) is 17.6 Å². The van der Waals surface area contributed by atoms with Crippen molar-refractivity contribution in [2.24, 2.45) is 0 Å². The van der Waals surface area contributed by atoms with E-state index in [0.717, 1.165) is 37.3 Å². The van der Waals surface area contributed by atoms with Gasteiger partial charge in [-0.2, -0.15) is 0 Å². The van der Waals surface area contributed by atoms with Gasteiger partial charge in [0, 0.05) is 24.6 Å². The van der Waals surface area contributed by atoms with Gasteiger partial charge in [0.05, 0.1) is 0 Å². The molecule has 0 radical (unpaired) electrons. The smallest absolute Gasteiger partial charge is 0.191 e. The Hall–Kier alpha value is -2.06. The van der Waals surface area contributed by atoms with E-state index < -0.39 is 0 Å². The summed E-state index contributed by atoms with van der Waals surface area (Å²) in [6, 6.07) is 0.379. The Morgan fingerprint density at radius 1 is 1.32 bits per heavy atom. The lowest BCUT2D eigenvalue weighted by atomic mass is 9.95. The number of allylic oxidation sites excluding steroid dienone is 1. The fourth-order valence-corrected chi connectivity index (χ4v) is 2.36. The van der Waals surface area contributed by atoms with Crippen LogP contribution in [0.3, 0.4) is 0 Å². The quantitative estimate of drug-likeness (QED) is 0.512. The topological polar surface area (TPSA) is 12.5 Å². The van der Waals surface area contributed by atoms with Crippen LogP contribution in [-0.4, -0.2) is 24.1 Å².